The summed E-state index contributed by atoms with van der Waals surface area (Å²) in [6.07, 6.45) is 3.42. The zero-order chi connectivity index (χ0) is 12.0. The van der Waals surface area contributed by atoms with E-state index < -0.39 is 5.82 Å². The summed E-state index contributed by atoms with van der Waals surface area (Å²) in [4.78, 5) is 16.6. The fraction of sp³-hybridized carbons (Fsp3) is 0.455. The summed E-state index contributed by atoms with van der Waals surface area (Å²) in [5, 5.41) is 8.65. The van der Waals surface area contributed by atoms with E-state index in [1.807, 2.05) is 0 Å². The first kappa shape index (κ1) is 12.6. The lowest BCUT2D eigenvalue weighted by molar-refractivity contribution is -0.130. The molecule has 4 nitrogen and oxygen atoms in total. The van der Waals surface area contributed by atoms with Crippen molar-refractivity contribution in [2.45, 2.75) is 12.8 Å². The maximum Gasteiger partial charge on any atom is 0.222 e. The van der Waals surface area contributed by atoms with Crippen LogP contribution in [0.2, 0.25) is 0 Å². The molecule has 1 heterocycles. The molecular weight excluding hydrogens is 211 g/mol. The third-order valence-corrected chi connectivity index (χ3v) is 2.25. The van der Waals surface area contributed by atoms with Crippen molar-refractivity contribution in [3.05, 3.63) is 29.8 Å². The van der Waals surface area contributed by atoms with Crippen LogP contribution in [-0.2, 0) is 11.2 Å². The molecule has 1 aromatic rings. The normalized spacial score (nSPS) is 10.2. The summed E-state index contributed by atoms with van der Waals surface area (Å²) < 4.78 is 12.8. The summed E-state index contributed by atoms with van der Waals surface area (Å²) in [5.41, 5.74) is 0.700. The number of rotatable bonds is 5. The molecule has 0 bridgehead atoms. The van der Waals surface area contributed by atoms with Crippen LogP contribution in [0.4, 0.5) is 4.39 Å². The molecule has 0 aliphatic rings. The van der Waals surface area contributed by atoms with Gasteiger partial charge in [0.25, 0.3) is 0 Å². The zero-order valence-electron chi connectivity index (χ0n) is 9.19. The number of amides is 1. The molecule has 1 rings (SSSR count). The zero-order valence-corrected chi connectivity index (χ0v) is 9.19. The monoisotopic (exact) mass is 226 g/mol. The Morgan fingerprint density at radius 1 is 1.56 bits per heavy atom. The number of aryl methyl sites for hydroxylation is 1. The largest absolute Gasteiger partial charge is 0.395 e. The van der Waals surface area contributed by atoms with Crippen LogP contribution < -0.4 is 0 Å². The van der Waals surface area contributed by atoms with Gasteiger partial charge in [-0.1, -0.05) is 0 Å². The van der Waals surface area contributed by atoms with Crippen LogP contribution in [0, 0.1) is 5.82 Å². The van der Waals surface area contributed by atoms with Crippen molar-refractivity contribution in [2.75, 3.05) is 20.2 Å². The number of aliphatic hydroxyl groups excluding tert-OH is 1. The van der Waals surface area contributed by atoms with Gasteiger partial charge in [-0.2, -0.15) is 0 Å². The number of carbonyl (C=O) groups is 1. The van der Waals surface area contributed by atoms with Crippen LogP contribution in [0.15, 0.2) is 18.5 Å². The number of aliphatic hydroxyl groups is 1. The molecule has 0 atom stereocenters. The van der Waals surface area contributed by atoms with Gasteiger partial charge < -0.3 is 10.0 Å². The molecule has 0 fully saturated rings. The average Bonchev–Trinajstić information content (AvgIpc) is 2.26. The van der Waals surface area contributed by atoms with Crippen molar-refractivity contribution in [1.82, 2.24) is 9.88 Å². The minimum absolute atomic E-state index is 0.0518. The highest BCUT2D eigenvalue weighted by Crippen LogP contribution is 2.05. The fourth-order valence-electron chi connectivity index (χ4n) is 1.31. The van der Waals surface area contributed by atoms with Crippen LogP contribution in [0.5, 0.6) is 0 Å². The van der Waals surface area contributed by atoms with Crippen molar-refractivity contribution in [1.29, 1.82) is 0 Å². The standard InChI is InChI=1S/C11H15FN2O2/c1-14(4-5-15)11(16)3-2-9-6-10(12)8-13-7-9/h6-8,15H,2-5H2,1H3. The Bertz CT molecular complexity index is 358. The first-order chi connectivity index (χ1) is 7.63. The number of hydrogen-bond donors (Lipinski definition) is 1. The quantitative estimate of drug-likeness (QED) is 0.800. The second-order valence-corrected chi connectivity index (χ2v) is 3.55. The minimum Gasteiger partial charge on any atom is -0.395 e. The van der Waals surface area contributed by atoms with E-state index in [1.54, 1.807) is 13.2 Å². The van der Waals surface area contributed by atoms with Crippen molar-refractivity contribution in [2.24, 2.45) is 0 Å². The van der Waals surface area contributed by atoms with Gasteiger partial charge in [0.1, 0.15) is 5.82 Å². The van der Waals surface area contributed by atoms with E-state index in [1.165, 1.54) is 11.0 Å². The van der Waals surface area contributed by atoms with E-state index in [4.69, 9.17) is 5.11 Å². The van der Waals surface area contributed by atoms with E-state index in [2.05, 4.69) is 4.98 Å². The Hall–Kier alpha value is -1.49. The van der Waals surface area contributed by atoms with Crippen molar-refractivity contribution >= 4 is 5.91 Å². The fourth-order valence-corrected chi connectivity index (χ4v) is 1.31. The topological polar surface area (TPSA) is 53.4 Å². The molecule has 1 N–H and O–H groups in total. The van der Waals surface area contributed by atoms with Gasteiger partial charge in [0, 0.05) is 26.2 Å². The van der Waals surface area contributed by atoms with Crippen LogP contribution >= 0.6 is 0 Å². The van der Waals surface area contributed by atoms with Crippen LogP contribution in [0.25, 0.3) is 0 Å². The van der Waals surface area contributed by atoms with E-state index in [9.17, 15) is 9.18 Å². The van der Waals surface area contributed by atoms with E-state index in [0.717, 1.165) is 6.20 Å². The van der Waals surface area contributed by atoms with Gasteiger partial charge in [-0.3, -0.25) is 9.78 Å². The first-order valence-electron chi connectivity index (χ1n) is 5.07. The lowest BCUT2D eigenvalue weighted by Crippen LogP contribution is -2.29. The molecule has 0 saturated carbocycles. The number of likely N-dealkylation sites (N-methyl/N-ethyl adjacent to an activating group) is 1. The molecule has 16 heavy (non-hydrogen) atoms. The van der Waals surface area contributed by atoms with Crippen LogP contribution in [0.1, 0.15) is 12.0 Å². The molecule has 0 spiro atoms. The first-order valence-corrected chi connectivity index (χ1v) is 5.07. The molecule has 88 valence electrons. The Balaban J connectivity index is 2.42. The van der Waals surface area contributed by atoms with E-state index in [0.29, 0.717) is 24.9 Å². The third-order valence-electron chi connectivity index (χ3n) is 2.25. The molecule has 0 aliphatic heterocycles. The smallest absolute Gasteiger partial charge is 0.222 e. The average molecular weight is 226 g/mol. The van der Waals surface area contributed by atoms with Crippen molar-refractivity contribution in [3.8, 4) is 0 Å². The van der Waals surface area contributed by atoms with Gasteiger partial charge in [-0.15, -0.1) is 0 Å². The Labute approximate surface area is 93.7 Å². The summed E-state index contributed by atoms with van der Waals surface area (Å²) in [6, 6.07) is 1.37. The summed E-state index contributed by atoms with van der Waals surface area (Å²) in [5.74, 6) is -0.466. The summed E-state index contributed by atoms with van der Waals surface area (Å²) >= 11 is 0. The maximum atomic E-state index is 12.8. The number of pyridine rings is 1. The van der Waals surface area contributed by atoms with Crippen LogP contribution in [-0.4, -0.2) is 41.1 Å². The van der Waals surface area contributed by atoms with Gasteiger partial charge in [-0.25, -0.2) is 4.39 Å². The molecule has 0 aromatic carbocycles. The SMILES string of the molecule is CN(CCO)C(=O)CCc1cncc(F)c1. The third kappa shape index (κ3) is 3.94. The number of nitrogens with zero attached hydrogens (tertiary/aromatic N) is 2. The Kier molecular flexibility index (Phi) is 4.85. The molecule has 0 radical (unpaired) electrons. The van der Waals surface area contributed by atoms with Crippen LogP contribution in [0.3, 0.4) is 0 Å². The minimum atomic E-state index is -0.395. The predicted octanol–water partition coefficient (Wildman–Crippen LogP) is 0.604. The molecule has 1 amide bonds. The van der Waals surface area contributed by atoms with Gasteiger partial charge in [0.05, 0.1) is 12.8 Å². The van der Waals surface area contributed by atoms with Gasteiger partial charge in [-0.05, 0) is 18.1 Å². The predicted molar refractivity (Wildman–Crippen MR) is 57.2 cm³/mol. The number of carbonyl (C=O) groups excluding carboxylic acids is 1. The summed E-state index contributed by atoms with van der Waals surface area (Å²) in [7, 11) is 1.63. The molecule has 1 aromatic heterocycles. The highest BCUT2D eigenvalue weighted by Gasteiger charge is 2.08. The highest BCUT2D eigenvalue weighted by atomic mass is 19.1. The lowest BCUT2D eigenvalue weighted by atomic mass is 10.1. The molecule has 0 saturated heterocycles. The highest BCUT2D eigenvalue weighted by molar-refractivity contribution is 5.76. The maximum absolute atomic E-state index is 12.8. The number of aromatic nitrogens is 1. The van der Waals surface area contributed by atoms with Gasteiger partial charge >= 0.3 is 0 Å². The second-order valence-electron chi connectivity index (χ2n) is 3.55. The molecule has 5 heteroatoms. The van der Waals surface area contributed by atoms with E-state index >= 15 is 0 Å². The van der Waals surface area contributed by atoms with Crippen molar-refractivity contribution < 1.29 is 14.3 Å². The molecular formula is C11H15FN2O2. The summed E-state index contributed by atoms with van der Waals surface area (Å²) in [6.45, 7) is 0.268. The van der Waals surface area contributed by atoms with Gasteiger partial charge in [0.2, 0.25) is 5.91 Å². The number of hydrogen-bond acceptors (Lipinski definition) is 3. The Morgan fingerprint density at radius 2 is 2.31 bits per heavy atom. The van der Waals surface area contributed by atoms with Crippen molar-refractivity contribution in [3.63, 3.8) is 0 Å². The van der Waals surface area contributed by atoms with Gasteiger partial charge in [0.15, 0.2) is 0 Å². The second kappa shape index (κ2) is 6.17. The lowest BCUT2D eigenvalue weighted by Gasteiger charge is -2.15. The number of halogens is 1. The molecule has 0 aliphatic carbocycles. The molecule has 0 unspecified atom stereocenters. The Morgan fingerprint density at radius 3 is 2.94 bits per heavy atom. The van der Waals surface area contributed by atoms with E-state index in [-0.39, 0.29) is 12.5 Å².